The first kappa shape index (κ1) is 22.5. The molecule has 0 saturated carbocycles. The van der Waals surface area contributed by atoms with E-state index in [1.165, 1.54) is 0 Å². The van der Waals surface area contributed by atoms with Crippen LogP contribution >= 0.6 is 53.6 Å². The molecule has 0 saturated heterocycles. The summed E-state index contributed by atoms with van der Waals surface area (Å²) >= 11 is 25.9. The molecule has 30 heavy (non-hydrogen) atoms. The second-order valence-corrected chi connectivity index (χ2v) is 13.6. The summed E-state index contributed by atoms with van der Waals surface area (Å²) < 4.78 is 16.1. The molecule has 0 radical (unpaired) electrons. The molecular formula is C22H24Cl4NO2P. The minimum atomic E-state index is -3.65. The van der Waals surface area contributed by atoms with Crippen molar-refractivity contribution in [3.05, 3.63) is 61.3 Å². The molecule has 2 heterocycles. The van der Waals surface area contributed by atoms with Crippen molar-refractivity contribution in [2.75, 3.05) is 13.1 Å². The van der Waals surface area contributed by atoms with E-state index >= 15 is 0 Å². The fourth-order valence-corrected chi connectivity index (χ4v) is 12.1. The van der Waals surface area contributed by atoms with E-state index in [1.807, 2.05) is 18.2 Å². The molecule has 8 heteroatoms. The van der Waals surface area contributed by atoms with Crippen LogP contribution in [0.3, 0.4) is 0 Å². The minimum absolute atomic E-state index is 0.171. The first-order chi connectivity index (χ1) is 14.0. The molecule has 4 rings (SSSR count). The molecule has 0 amide bonds. The predicted octanol–water partition coefficient (Wildman–Crippen LogP) is 9.14. The Hall–Kier alpha value is -0.670. The van der Waals surface area contributed by atoms with Gasteiger partial charge < -0.3 is 0 Å². The van der Waals surface area contributed by atoms with Gasteiger partial charge in [-0.1, -0.05) is 0 Å². The van der Waals surface area contributed by atoms with Gasteiger partial charge in [0, 0.05) is 0 Å². The zero-order chi connectivity index (χ0) is 22.1. The molecule has 0 N–H and O–H groups in total. The summed E-state index contributed by atoms with van der Waals surface area (Å²) in [6.07, 6.45) is 0. The van der Waals surface area contributed by atoms with Crippen LogP contribution < -0.4 is 9.05 Å². The molecule has 1 spiro atoms. The summed E-state index contributed by atoms with van der Waals surface area (Å²) in [6, 6.07) is 10.2. The van der Waals surface area contributed by atoms with Crippen molar-refractivity contribution in [1.29, 1.82) is 0 Å². The zero-order valence-corrected chi connectivity index (χ0v) is 21.4. The van der Waals surface area contributed by atoms with Gasteiger partial charge in [-0.05, 0) is 0 Å². The Balaban J connectivity index is 2.04. The first-order valence-corrected chi connectivity index (χ1v) is 13.4. The third-order valence-corrected chi connectivity index (χ3v) is 12.8. The van der Waals surface area contributed by atoms with Gasteiger partial charge in [0.25, 0.3) is 0 Å². The fraction of sp³-hybridized carbons (Fsp3) is 0.364. The van der Waals surface area contributed by atoms with E-state index in [-0.39, 0.29) is 25.5 Å². The molecule has 0 unspecified atom stereocenters. The normalized spacial score (nSPS) is 19.9. The number of hydrogen-bond acceptors (Lipinski definition) is 3. The van der Waals surface area contributed by atoms with Crippen molar-refractivity contribution in [3.8, 4) is 11.5 Å². The molecule has 0 fully saturated rings. The van der Waals surface area contributed by atoms with E-state index in [1.54, 1.807) is 0 Å². The van der Waals surface area contributed by atoms with Crippen LogP contribution in [-0.4, -0.2) is 17.8 Å². The fourth-order valence-electron chi connectivity index (χ4n) is 4.63. The Labute approximate surface area is 198 Å². The van der Waals surface area contributed by atoms with Crippen LogP contribution in [0.5, 0.6) is 11.5 Å². The van der Waals surface area contributed by atoms with E-state index < -0.39 is 7.21 Å². The quantitative estimate of drug-likeness (QED) is 0.234. The Kier molecular flexibility index (Phi) is 5.38. The van der Waals surface area contributed by atoms with Gasteiger partial charge in [-0.2, -0.15) is 0 Å². The molecule has 0 atom stereocenters. The SMILES string of the molecule is CCN(CC)P12(Oc3c(Cl)c(Cl)c(Cl)c(Cl)c3O1)C(c1ccccc1)=C2C(C)(C)C. The maximum absolute atomic E-state index is 6.89. The Morgan fingerprint density at radius 1 is 0.800 bits per heavy atom. The van der Waals surface area contributed by atoms with Crippen LogP contribution in [-0.2, 0) is 0 Å². The average Bonchev–Trinajstić information content (AvgIpc) is 3.17. The number of hydrogen-bond donors (Lipinski definition) is 0. The van der Waals surface area contributed by atoms with Crippen molar-refractivity contribution in [2.24, 2.45) is 5.41 Å². The topological polar surface area (TPSA) is 21.7 Å². The second kappa shape index (κ2) is 7.17. The molecule has 0 aromatic heterocycles. The van der Waals surface area contributed by atoms with Gasteiger partial charge in [0.1, 0.15) is 0 Å². The van der Waals surface area contributed by atoms with Crippen LogP contribution in [0, 0.1) is 5.41 Å². The number of rotatable bonds is 4. The van der Waals surface area contributed by atoms with E-state index in [2.05, 4.69) is 51.4 Å². The third kappa shape index (κ3) is 2.73. The summed E-state index contributed by atoms with van der Waals surface area (Å²) in [6.45, 7) is 12.2. The third-order valence-electron chi connectivity index (χ3n) is 5.67. The van der Waals surface area contributed by atoms with Gasteiger partial charge >= 0.3 is 199 Å². The predicted molar refractivity (Wildman–Crippen MR) is 130 cm³/mol. The van der Waals surface area contributed by atoms with E-state index in [9.17, 15) is 0 Å². The molecule has 0 aliphatic carbocycles. The molecule has 162 valence electrons. The first-order valence-electron chi connectivity index (χ1n) is 9.88. The summed E-state index contributed by atoms with van der Waals surface area (Å²) in [5.41, 5.74) is 0.865. The maximum atomic E-state index is 6.89. The van der Waals surface area contributed by atoms with Crippen molar-refractivity contribution in [3.63, 3.8) is 0 Å². The molecule has 0 bridgehead atoms. The van der Waals surface area contributed by atoms with Crippen LogP contribution in [0.4, 0.5) is 0 Å². The van der Waals surface area contributed by atoms with Gasteiger partial charge in [0.15, 0.2) is 0 Å². The number of halogens is 4. The number of fused-ring (bicyclic) bond motifs is 1. The molecule has 2 aliphatic rings. The molecule has 2 aliphatic heterocycles. The molecule has 2 aromatic rings. The summed E-state index contributed by atoms with van der Waals surface area (Å²) in [4.78, 5) is 0. The van der Waals surface area contributed by atoms with Crippen molar-refractivity contribution >= 4 is 58.9 Å². The standard InChI is InChI=1S/C22H24Cl4NO2P/c1-6-27(7-2)30(20(21(30)22(3,4)5)13-11-9-8-10-12-13)28-18-16(25)14(23)15(24)17(26)19(18)29-30/h8-12H,6-7H2,1-5H3. The van der Waals surface area contributed by atoms with E-state index in [4.69, 9.17) is 55.5 Å². The Morgan fingerprint density at radius 2 is 1.27 bits per heavy atom. The van der Waals surface area contributed by atoms with Crippen LogP contribution in [0.1, 0.15) is 40.2 Å². The zero-order valence-electron chi connectivity index (χ0n) is 17.5. The van der Waals surface area contributed by atoms with Crippen molar-refractivity contribution in [1.82, 2.24) is 4.67 Å². The molecule has 2 aromatic carbocycles. The van der Waals surface area contributed by atoms with Gasteiger partial charge in [-0.15, -0.1) is 0 Å². The summed E-state index contributed by atoms with van der Waals surface area (Å²) in [5.74, 6) is 0.738. The van der Waals surface area contributed by atoms with Gasteiger partial charge in [0.2, 0.25) is 0 Å². The summed E-state index contributed by atoms with van der Waals surface area (Å²) in [7, 11) is -3.65. The van der Waals surface area contributed by atoms with Crippen LogP contribution in [0.25, 0.3) is 5.31 Å². The number of benzene rings is 2. The van der Waals surface area contributed by atoms with Crippen molar-refractivity contribution in [2.45, 2.75) is 34.6 Å². The molecule has 3 nitrogen and oxygen atoms in total. The Morgan fingerprint density at radius 3 is 1.67 bits per heavy atom. The van der Waals surface area contributed by atoms with Crippen LogP contribution in [0.15, 0.2) is 35.6 Å². The van der Waals surface area contributed by atoms with Gasteiger partial charge in [0.05, 0.1) is 0 Å². The van der Waals surface area contributed by atoms with Crippen LogP contribution in [0.2, 0.25) is 20.1 Å². The van der Waals surface area contributed by atoms with Gasteiger partial charge in [-0.3, -0.25) is 0 Å². The summed E-state index contributed by atoms with van der Waals surface area (Å²) in [5, 5.41) is 3.03. The van der Waals surface area contributed by atoms with E-state index in [0.29, 0.717) is 11.5 Å². The Bertz CT molecular complexity index is 1040. The number of nitrogens with zero attached hydrogens (tertiary/aromatic N) is 1. The monoisotopic (exact) mass is 505 g/mol. The average molecular weight is 507 g/mol. The van der Waals surface area contributed by atoms with Gasteiger partial charge in [-0.25, -0.2) is 0 Å². The molecular weight excluding hydrogens is 483 g/mol. The second-order valence-electron chi connectivity index (χ2n) is 8.46. The van der Waals surface area contributed by atoms with Crippen molar-refractivity contribution < 1.29 is 9.05 Å². The van der Waals surface area contributed by atoms with E-state index in [0.717, 1.165) is 29.3 Å². The number of allylic oxidation sites excluding steroid dienone is 1.